The summed E-state index contributed by atoms with van der Waals surface area (Å²) in [5, 5.41) is 9.31. The largest absolute Gasteiger partial charge is 0.495 e. The summed E-state index contributed by atoms with van der Waals surface area (Å²) in [4.78, 5) is 3.96. The van der Waals surface area contributed by atoms with Gasteiger partial charge in [-0.15, -0.1) is 0 Å². The predicted molar refractivity (Wildman–Crippen MR) is 52.7 cm³/mol. The van der Waals surface area contributed by atoms with E-state index < -0.39 is 6.10 Å². The molecular weight excluding hydrogens is 182 g/mol. The monoisotopic (exact) mass is 197 g/mol. The summed E-state index contributed by atoms with van der Waals surface area (Å²) in [7, 11) is 3.14. The highest BCUT2D eigenvalue weighted by Crippen LogP contribution is 2.27. The molecule has 0 aliphatic rings. The molecule has 0 aliphatic carbocycles. The Morgan fingerprint density at radius 2 is 1.79 bits per heavy atom. The van der Waals surface area contributed by atoms with Crippen molar-refractivity contribution in [2.45, 2.75) is 19.4 Å². The molecule has 1 rings (SSSR count). The second kappa shape index (κ2) is 4.81. The molecule has 0 bridgehead atoms. The van der Waals surface area contributed by atoms with Crippen LogP contribution in [0.4, 0.5) is 0 Å². The van der Waals surface area contributed by atoms with Gasteiger partial charge in [-0.05, 0) is 6.92 Å². The van der Waals surface area contributed by atoms with Crippen molar-refractivity contribution >= 4 is 0 Å². The number of ether oxygens (including phenoxy) is 2. The molecule has 78 valence electrons. The van der Waals surface area contributed by atoms with Crippen LogP contribution in [0.5, 0.6) is 11.5 Å². The van der Waals surface area contributed by atoms with Crippen LogP contribution in [0.1, 0.15) is 12.5 Å². The fourth-order valence-corrected chi connectivity index (χ4v) is 1.30. The minimum atomic E-state index is -0.430. The molecule has 1 aromatic rings. The van der Waals surface area contributed by atoms with Crippen LogP contribution in [0, 0.1) is 0 Å². The van der Waals surface area contributed by atoms with E-state index >= 15 is 0 Å². The number of aromatic nitrogens is 1. The lowest BCUT2D eigenvalue weighted by atomic mass is 10.1. The number of pyridine rings is 1. The van der Waals surface area contributed by atoms with Crippen molar-refractivity contribution in [2.75, 3.05) is 14.2 Å². The lowest BCUT2D eigenvalue weighted by Crippen LogP contribution is -2.07. The van der Waals surface area contributed by atoms with Crippen molar-refractivity contribution in [2.24, 2.45) is 0 Å². The van der Waals surface area contributed by atoms with Gasteiger partial charge in [0.1, 0.15) is 11.5 Å². The highest BCUT2D eigenvalue weighted by Gasteiger charge is 2.12. The zero-order chi connectivity index (χ0) is 10.6. The van der Waals surface area contributed by atoms with E-state index in [0.717, 1.165) is 5.56 Å². The highest BCUT2D eigenvalue weighted by molar-refractivity contribution is 5.42. The van der Waals surface area contributed by atoms with E-state index in [1.54, 1.807) is 33.5 Å². The Hall–Kier alpha value is -1.29. The summed E-state index contributed by atoms with van der Waals surface area (Å²) in [5.41, 5.74) is 0.847. The number of hydrogen-bond acceptors (Lipinski definition) is 4. The quantitative estimate of drug-likeness (QED) is 0.783. The second-order valence-corrected chi connectivity index (χ2v) is 3.08. The van der Waals surface area contributed by atoms with Gasteiger partial charge in [0.15, 0.2) is 0 Å². The zero-order valence-corrected chi connectivity index (χ0v) is 8.65. The van der Waals surface area contributed by atoms with E-state index in [2.05, 4.69) is 4.98 Å². The standard InChI is InChI=1S/C10H15NO3/c1-7(12)4-8-9(13-2)5-11-6-10(8)14-3/h5-7,12H,4H2,1-3H3. The van der Waals surface area contributed by atoms with Crippen molar-refractivity contribution in [3.05, 3.63) is 18.0 Å². The Morgan fingerprint density at radius 3 is 2.14 bits per heavy atom. The first-order chi connectivity index (χ1) is 6.69. The van der Waals surface area contributed by atoms with E-state index in [4.69, 9.17) is 9.47 Å². The maximum atomic E-state index is 9.31. The van der Waals surface area contributed by atoms with E-state index in [1.165, 1.54) is 0 Å². The van der Waals surface area contributed by atoms with Crippen LogP contribution in [0.25, 0.3) is 0 Å². The van der Waals surface area contributed by atoms with Gasteiger partial charge in [-0.1, -0.05) is 0 Å². The normalized spacial score (nSPS) is 12.3. The molecule has 0 aromatic carbocycles. The average Bonchev–Trinajstić information content (AvgIpc) is 2.17. The summed E-state index contributed by atoms with van der Waals surface area (Å²) < 4.78 is 10.3. The minimum Gasteiger partial charge on any atom is -0.495 e. The lowest BCUT2D eigenvalue weighted by molar-refractivity contribution is 0.192. The highest BCUT2D eigenvalue weighted by atomic mass is 16.5. The third-order valence-corrected chi connectivity index (χ3v) is 1.92. The van der Waals surface area contributed by atoms with Crippen LogP contribution in [-0.4, -0.2) is 30.4 Å². The van der Waals surface area contributed by atoms with Crippen LogP contribution >= 0.6 is 0 Å². The molecule has 4 nitrogen and oxygen atoms in total. The van der Waals surface area contributed by atoms with Crippen molar-refractivity contribution in [3.63, 3.8) is 0 Å². The lowest BCUT2D eigenvalue weighted by Gasteiger charge is -2.13. The van der Waals surface area contributed by atoms with Crippen LogP contribution in [0.2, 0.25) is 0 Å². The molecule has 0 aliphatic heterocycles. The van der Waals surface area contributed by atoms with Crippen LogP contribution in [-0.2, 0) is 6.42 Å². The van der Waals surface area contributed by atoms with Gasteiger partial charge in [-0.3, -0.25) is 4.98 Å². The van der Waals surface area contributed by atoms with Crippen molar-refractivity contribution in [1.82, 2.24) is 4.98 Å². The molecular formula is C10H15NO3. The fourth-order valence-electron chi connectivity index (χ4n) is 1.30. The van der Waals surface area contributed by atoms with E-state index in [9.17, 15) is 5.11 Å². The van der Waals surface area contributed by atoms with Crippen molar-refractivity contribution in [1.29, 1.82) is 0 Å². The van der Waals surface area contributed by atoms with Gasteiger partial charge in [-0.2, -0.15) is 0 Å². The minimum absolute atomic E-state index is 0.430. The fraction of sp³-hybridized carbons (Fsp3) is 0.500. The van der Waals surface area contributed by atoms with Crippen LogP contribution in [0.15, 0.2) is 12.4 Å². The molecule has 1 N–H and O–H groups in total. The van der Waals surface area contributed by atoms with Gasteiger partial charge >= 0.3 is 0 Å². The summed E-state index contributed by atoms with van der Waals surface area (Å²) in [6.45, 7) is 1.72. The number of rotatable bonds is 4. The topological polar surface area (TPSA) is 51.6 Å². The first-order valence-electron chi connectivity index (χ1n) is 4.42. The number of hydrogen-bond donors (Lipinski definition) is 1. The van der Waals surface area contributed by atoms with Gasteiger partial charge in [0.2, 0.25) is 0 Å². The third kappa shape index (κ3) is 2.35. The van der Waals surface area contributed by atoms with Gasteiger partial charge in [0, 0.05) is 12.0 Å². The van der Waals surface area contributed by atoms with Gasteiger partial charge in [-0.25, -0.2) is 0 Å². The van der Waals surface area contributed by atoms with Crippen molar-refractivity contribution in [3.8, 4) is 11.5 Å². The SMILES string of the molecule is COc1cncc(OC)c1CC(C)O. The maximum absolute atomic E-state index is 9.31. The summed E-state index contributed by atoms with van der Waals surface area (Å²) in [5.74, 6) is 1.29. The molecule has 0 saturated carbocycles. The molecule has 1 atom stereocenters. The summed E-state index contributed by atoms with van der Waals surface area (Å²) in [6.07, 6.45) is 3.29. The molecule has 4 heteroatoms. The Morgan fingerprint density at radius 1 is 1.29 bits per heavy atom. The molecule has 14 heavy (non-hydrogen) atoms. The van der Waals surface area contributed by atoms with Gasteiger partial charge in [0.25, 0.3) is 0 Å². The van der Waals surface area contributed by atoms with E-state index in [1.807, 2.05) is 0 Å². The summed E-state index contributed by atoms with van der Waals surface area (Å²) >= 11 is 0. The van der Waals surface area contributed by atoms with Crippen molar-refractivity contribution < 1.29 is 14.6 Å². The second-order valence-electron chi connectivity index (χ2n) is 3.08. The Labute approximate surface area is 83.5 Å². The molecule has 0 saturated heterocycles. The molecule has 0 fully saturated rings. The molecule has 1 aromatic heterocycles. The number of aliphatic hydroxyl groups excluding tert-OH is 1. The van der Waals surface area contributed by atoms with E-state index in [0.29, 0.717) is 17.9 Å². The Balaban J connectivity index is 3.05. The average molecular weight is 197 g/mol. The Bertz CT molecular complexity index is 277. The van der Waals surface area contributed by atoms with E-state index in [-0.39, 0.29) is 0 Å². The van der Waals surface area contributed by atoms with Crippen LogP contribution < -0.4 is 9.47 Å². The molecule has 0 spiro atoms. The predicted octanol–water partition coefficient (Wildman–Crippen LogP) is 1.02. The first kappa shape index (κ1) is 10.8. The Kier molecular flexibility index (Phi) is 3.71. The maximum Gasteiger partial charge on any atom is 0.144 e. The smallest absolute Gasteiger partial charge is 0.144 e. The number of nitrogens with zero attached hydrogens (tertiary/aromatic N) is 1. The number of methoxy groups -OCH3 is 2. The molecule has 1 unspecified atom stereocenters. The molecule has 1 heterocycles. The zero-order valence-electron chi connectivity index (χ0n) is 8.65. The first-order valence-corrected chi connectivity index (χ1v) is 4.42. The third-order valence-electron chi connectivity index (χ3n) is 1.92. The summed E-state index contributed by atoms with van der Waals surface area (Å²) in [6, 6.07) is 0. The number of aliphatic hydroxyl groups is 1. The molecule has 0 amide bonds. The molecule has 0 radical (unpaired) electrons. The van der Waals surface area contributed by atoms with Gasteiger partial charge in [0.05, 0.1) is 32.7 Å². The van der Waals surface area contributed by atoms with Gasteiger partial charge < -0.3 is 14.6 Å². The van der Waals surface area contributed by atoms with Crippen LogP contribution in [0.3, 0.4) is 0 Å².